The molecule has 0 aromatic carbocycles. The molecular formula is C17H34O. The molecule has 0 saturated heterocycles. The van der Waals surface area contributed by atoms with Crippen molar-refractivity contribution in [2.24, 2.45) is 17.3 Å². The number of hydrogen-bond acceptors (Lipinski definition) is 1. The van der Waals surface area contributed by atoms with Gasteiger partial charge in [-0.05, 0) is 55.8 Å². The van der Waals surface area contributed by atoms with E-state index in [4.69, 9.17) is 0 Å². The second-order valence-corrected chi connectivity index (χ2v) is 6.72. The van der Waals surface area contributed by atoms with E-state index in [-0.39, 0.29) is 5.60 Å². The standard InChI is InChI=1S/C17H34O/c1-6-16(5,7-2)14-10-12-15(13-11-14)17(18,8-3)9-4/h14-15,18H,6-13H2,1-5H3. The Morgan fingerprint density at radius 3 is 1.50 bits per heavy atom. The molecule has 1 rings (SSSR count). The third-order valence-electron chi connectivity index (χ3n) is 6.31. The van der Waals surface area contributed by atoms with Crippen LogP contribution in [0.3, 0.4) is 0 Å². The number of rotatable bonds is 6. The summed E-state index contributed by atoms with van der Waals surface area (Å²) in [7, 11) is 0. The van der Waals surface area contributed by atoms with Gasteiger partial charge in [-0.2, -0.15) is 0 Å². The van der Waals surface area contributed by atoms with Gasteiger partial charge in [0.2, 0.25) is 0 Å². The van der Waals surface area contributed by atoms with Crippen molar-refractivity contribution in [2.75, 3.05) is 0 Å². The first-order valence-electron chi connectivity index (χ1n) is 8.18. The summed E-state index contributed by atoms with van der Waals surface area (Å²) in [5.74, 6) is 1.42. The Morgan fingerprint density at radius 2 is 1.17 bits per heavy atom. The molecule has 1 heteroatoms. The summed E-state index contributed by atoms with van der Waals surface area (Å²) in [6, 6.07) is 0. The lowest BCUT2D eigenvalue weighted by Crippen LogP contribution is -2.41. The summed E-state index contributed by atoms with van der Waals surface area (Å²) in [5, 5.41) is 10.7. The molecule has 1 N–H and O–H groups in total. The van der Waals surface area contributed by atoms with Crippen LogP contribution in [0.4, 0.5) is 0 Å². The summed E-state index contributed by atoms with van der Waals surface area (Å²) in [6.45, 7) is 11.4. The number of hydrogen-bond donors (Lipinski definition) is 1. The lowest BCUT2D eigenvalue weighted by atomic mass is 9.62. The highest BCUT2D eigenvalue weighted by Crippen LogP contribution is 2.47. The van der Waals surface area contributed by atoms with Gasteiger partial charge in [-0.1, -0.05) is 47.5 Å². The molecule has 0 unspecified atom stereocenters. The Morgan fingerprint density at radius 1 is 0.778 bits per heavy atom. The maximum absolute atomic E-state index is 10.7. The van der Waals surface area contributed by atoms with Crippen LogP contribution in [0.5, 0.6) is 0 Å². The molecule has 1 aliphatic carbocycles. The summed E-state index contributed by atoms with van der Waals surface area (Å²) < 4.78 is 0. The minimum Gasteiger partial charge on any atom is -0.390 e. The largest absolute Gasteiger partial charge is 0.390 e. The van der Waals surface area contributed by atoms with Crippen molar-refractivity contribution in [1.82, 2.24) is 0 Å². The second-order valence-electron chi connectivity index (χ2n) is 6.72. The predicted molar refractivity (Wildman–Crippen MR) is 79.7 cm³/mol. The van der Waals surface area contributed by atoms with E-state index in [9.17, 15) is 5.11 Å². The summed E-state index contributed by atoms with van der Waals surface area (Å²) in [5.41, 5.74) is 0.140. The smallest absolute Gasteiger partial charge is 0.0670 e. The van der Waals surface area contributed by atoms with Gasteiger partial charge in [-0.15, -0.1) is 0 Å². The van der Waals surface area contributed by atoms with Crippen LogP contribution in [0, 0.1) is 17.3 Å². The molecule has 0 bridgehead atoms. The van der Waals surface area contributed by atoms with Gasteiger partial charge in [-0.3, -0.25) is 0 Å². The lowest BCUT2D eigenvalue weighted by molar-refractivity contribution is -0.0533. The van der Waals surface area contributed by atoms with Gasteiger partial charge >= 0.3 is 0 Å². The van der Waals surface area contributed by atoms with Crippen LogP contribution in [0.25, 0.3) is 0 Å². The summed E-state index contributed by atoms with van der Waals surface area (Å²) in [6.07, 6.45) is 9.54. The lowest BCUT2D eigenvalue weighted by Gasteiger charge is -2.45. The zero-order valence-electron chi connectivity index (χ0n) is 13.3. The first-order chi connectivity index (χ1) is 8.45. The topological polar surface area (TPSA) is 20.2 Å². The highest BCUT2D eigenvalue weighted by atomic mass is 16.3. The fourth-order valence-corrected chi connectivity index (χ4v) is 3.98. The zero-order chi connectivity index (χ0) is 13.8. The molecule has 108 valence electrons. The van der Waals surface area contributed by atoms with E-state index >= 15 is 0 Å². The molecule has 0 amide bonds. The van der Waals surface area contributed by atoms with Gasteiger partial charge in [0.1, 0.15) is 0 Å². The molecule has 0 atom stereocenters. The van der Waals surface area contributed by atoms with Gasteiger partial charge in [-0.25, -0.2) is 0 Å². The minimum absolute atomic E-state index is 0.389. The van der Waals surface area contributed by atoms with Crippen LogP contribution in [0.1, 0.15) is 86.0 Å². The number of aliphatic hydroxyl groups is 1. The first-order valence-corrected chi connectivity index (χ1v) is 8.18. The molecule has 0 radical (unpaired) electrons. The predicted octanol–water partition coefficient (Wildman–Crippen LogP) is 5.17. The van der Waals surface area contributed by atoms with Crippen LogP contribution < -0.4 is 0 Å². The van der Waals surface area contributed by atoms with E-state index in [1.54, 1.807) is 0 Å². The van der Waals surface area contributed by atoms with Crippen molar-refractivity contribution in [3.05, 3.63) is 0 Å². The SMILES string of the molecule is CCC(C)(CC)C1CCC(C(O)(CC)CC)CC1. The highest BCUT2D eigenvalue weighted by Gasteiger charge is 2.40. The van der Waals surface area contributed by atoms with E-state index in [1.165, 1.54) is 38.5 Å². The molecule has 0 heterocycles. The molecule has 1 nitrogen and oxygen atoms in total. The quantitative estimate of drug-likeness (QED) is 0.693. The van der Waals surface area contributed by atoms with Gasteiger partial charge in [0.25, 0.3) is 0 Å². The summed E-state index contributed by atoms with van der Waals surface area (Å²) in [4.78, 5) is 0. The van der Waals surface area contributed by atoms with Crippen molar-refractivity contribution in [3.8, 4) is 0 Å². The maximum atomic E-state index is 10.7. The molecule has 0 aliphatic heterocycles. The van der Waals surface area contributed by atoms with E-state index in [0.29, 0.717) is 11.3 Å². The van der Waals surface area contributed by atoms with E-state index in [2.05, 4.69) is 34.6 Å². The molecule has 0 aromatic heterocycles. The van der Waals surface area contributed by atoms with Crippen molar-refractivity contribution >= 4 is 0 Å². The Hall–Kier alpha value is -0.0400. The molecule has 0 spiro atoms. The zero-order valence-corrected chi connectivity index (χ0v) is 13.3. The fourth-order valence-electron chi connectivity index (χ4n) is 3.98. The molecular weight excluding hydrogens is 220 g/mol. The van der Waals surface area contributed by atoms with Crippen LogP contribution in [-0.4, -0.2) is 10.7 Å². The van der Waals surface area contributed by atoms with Gasteiger partial charge < -0.3 is 5.11 Å². The Kier molecular flexibility index (Phi) is 5.70. The monoisotopic (exact) mass is 254 g/mol. The van der Waals surface area contributed by atoms with Crippen LogP contribution in [0.15, 0.2) is 0 Å². The Labute approximate surface area is 114 Å². The maximum Gasteiger partial charge on any atom is 0.0670 e. The average Bonchev–Trinajstić information content (AvgIpc) is 2.45. The molecule has 1 fully saturated rings. The Balaban J connectivity index is 2.61. The molecule has 1 aliphatic rings. The third-order valence-corrected chi connectivity index (χ3v) is 6.31. The van der Waals surface area contributed by atoms with Crippen molar-refractivity contribution in [1.29, 1.82) is 0 Å². The fraction of sp³-hybridized carbons (Fsp3) is 1.00. The van der Waals surface area contributed by atoms with Gasteiger partial charge in [0.05, 0.1) is 5.60 Å². The molecule has 0 aromatic rings. The summed E-state index contributed by atoms with van der Waals surface area (Å²) >= 11 is 0. The average molecular weight is 254 g/mol. The molecule has 18 heavy (non-hydrogen) atoms. The van der Waals surface area contributed by atoms with Gasteiger partial charge in [0.15, 0.2) is 0 Å². The van der Waals surface area contributed by atoms with Crippen molar-refractivity contribution in [3.63, 3.8) is 0 Å². The second kappa shape index (κ2) is 6.41. The normalized spacial score (nSPS) is 26.3. The first kappa shape index (κ1) is 16.0. The molecule has 1 saturated carbocycles. The van der Waals surface area contributed by atoms with Crippen molar-refractivity contribution < 1.29 is 5.11 Å². The van der Waals surface area contributed by atoms with Crippen molar-refractivity contribution in [2.45, 2.75) is 91.6 Å². The van der Waals surface area contributed by atoms with Gasteiger partial charge in [0, 0.05) is 0 Å². The van der Waals surface area contributed by atoms with E-state index in [1.807, 2.05) is 0 Å². The third kappa shape index (κ3) is 3.10. The Bertz CT molecular complexity index is 204. The van der Waals surface area contributed by atoms with E-state index < -0.39 is 0 Å². The van der Waals surface area contributed by atoms with Crippen LogP contribution >= 0.6 is 0 Å². The highest BCUT2D eigenvalue weighted by molar-refractivity contribution is 4.91. The minimum atomic E-state index is -0.389. The van der Waals surface area contributed by atoms with E-state index in [0.717, 1.165) is 18.8 Å². The van der Waals surface area contributed by atoms with Crippen LogP contribution in [-0.2, 0) is 0 Å². The van der Waals surface area contributed by atoms with Crippen LogP contribution in [0.2, 0.25) is 0 Å².